The lowest BCUT2D eigenvalue weighted by molar-refractivity contribution is -0.116. The molecule has 0 bridgehead atoms. The van der Waals surface area contributed by atoms with Gasteiger partial charge in [0.05, 0.1) is 24.3 Å². The standard InChI is InChI=1S/C20H24N2O5S2/c1-16(23)21(2)17-9-11-18(12-10-17)22(29(3,25)26)20(24)15-28-14-13-27-19-7-5-4-6-8-19/h4-12H,13-15H2,1-3H3. The zero-order chi connectivity index (χ0) is 21.4. The first kappa shape index (κ1) is 22.8. The number of amides is 2. The van der Waals surface area contributed by atoms with E-state index < -0.39 is 15.9 Å². The second kappa shape index (κ2) is 10.3. The molecule has 2 rings (SSSR count). The lowest BCUT2D eigenvalue weighted by Crippen LogP contribution is -2.37. The molecule has 156 valence electrons. The topological polar surface area (TPSA) is 84.0 Å². The van der Waals surface area contributed by atoms with Crippen LogP contribution < -0.4 is 13.9 Å². The highest BCUT2D eigenvalue weighted by atomic mass is 32.2. The van der Waals surface area contributed by atoms with Crippen molar-refractivity contribution in [2.24, 2.45) is 0 Å². The summed E-state index contributed by atoms with van der Waals surface area (Å²) >= 11 is 1.30. The molecule has 2 aromatic carbocycles. The van der Waals surface area contributed by atoms with Gasteiger partial charge < -0.3 is 9.64 Å². The summed E-state index contributed by atoms with van der Waals surface area (Å²) in [7, 11) is -2.18. The summed E-state index contributed by atoms with van der Waals surface area (Å²) in [6.45, 7) is 1.84. The zero-order valence-electron chi connectivity index (χ0n) is 16.6. The number of benzene rings is 2. The molecule has 0 aliphatic rings. The highest BCUT2D eigenvalue weighted by Crippen LogP contribution is 2.23. The van der Waals surface area contributed by atoms with Gasteiger partial charge in [-0.05, 0) is 36.4 Å². The number of para-hydroxylation sites is 1. The van der Waals surface area contributed by atoms with E-state index in [4.69, 9.17) is 4.74 Å². The van der Waals surface area contributed by atoms with E-state index in [2.05, 4.69) is 0 Å². The van der Waals surface area contributed by atoms with Crippen molar-refractivity contribution in [3.05, 3.63) is 54.6 Å². The third kappa shape index (κ3) is 6.79. The first-order chi connectivity index (χ1) is 13.7. The fourth-order valence-corrected chi connectivity index (χ4v) is 4.14. The predicted molar refractivity (Wildman–Crippen MR) is 117 cm³/mol. The van der Waals surface area contributed by atoms with Gasteiger partial charge in [-0.3, -0.25) is 9.59 Å². The largest absolute Gasteiger partial charge is 0.493 e. The van der Waals surface area contributed by atoms with Gasteiger partial charge in [-0.25, -0.2) is 12.7 Å². The molecular formula is C20H24N2O5S2. The molecule has 0 saturated heterocycles. The Hall–Kier alpha value is -2.52. The lowest BCUT2D eigenvalue weighted by atomic mass is 10.2. The number of nitrogens with zero attached hydrogens (tertiary/aromatic N) is 2. The number of ether oxygens (including phenoxy) is 1. The number of sulfonamides is 1. The smallest absolute Gasteiger partial charge is 0.250 e. The Morgan fingerprint density at radius 1 is 1.00 bits per heavy atom. The third-order valence-electron chi connectivity index (χ3n) is 3.97. The second-order valence-electron chi connectivity index (χ2n) is 6.23. The van der Waals surface area contributed by atoms with Crippen LogP contribution in [-0.4, -0.2) is 51.6 Å². The molecule has 2 aromatic rings. The van der Waals surface area contributed by atoms with E-state index in [0.717, 1.165) is 16.3 Å². The number of hydrogen-bond acceptors (Lipinski definition) is 6. The minimum absolute atomic E-state index is 0.000317. The normalized spacial score (nSPS) is 11.0. The summed E-state index contributed by atoms with van der Waals surface area (Å²) < 4.78 is 30.7. The molecule has 0 aromatic heterocycles. The Balaban J connectivity index is 1.97. The van der Waals surface area contributed by atoms with Crippen molar-refractivity contribution >= 4 is 45.0 Å². The van der Waals surface area contributed by atoms with Crippen molar-refractivity contribution < 1.29 is 22.7 Å². The Bertz CT molecular complexity index is 931. The van der Waals surface area contributed by atoms with E-state index in [1.807, 2.05) is 30.3 Å². The van der Waals surface area contributed by atoms with Crippen LogP contribution in [0.5, 0.6) is 5.75 Å². The molecule has 7 nitrogen and oxygen atoms in total. The minimum atomic E-state index is -3.79. The summed E-state index contributed by atoms with van der Waals surface area (Å²) in [6.07, 6.45) is 0.990. The molecule has 0 fully saturated rings. The Kier molecular flexibility index (Phi) is 8.10. The summed E-state index contributed by atoms with van der Waals surface area (Å²) in [4.78, 5) is 25.4. The molecule has 0 atom stereocenters. The first-order valence-electron chi connectivity index (χ1n) is 8.83. The van der Waals surface area contributed by atoms with Crippen LogP contribution in [0.3, 0.4) is 0 Å². The first-order valence-corrected chi connectivity index (χ1v) is 11.8. The van der Waals surface area contributed by atoms with Crippen LogP contribution in [0.15, 0.2) is 54.6 Å². The second-order valence-corrected chi connectivity index (χ2v) is 9.17. The SMILES string of the molecule is CC(=O)N(C)c1ccc(N(C(=O)CSCCOc2ccccc2)S(C)(=O)=O)cc1. The number of anilines is 2. The van der Waals surface area contributed by atoms with E-state index in [1.165, 1.54) is 35.7 Å². The van der Waals surface area contributed by atoms with Gasteiger partial charge in [-0.2, -0.15) is 0 Å². The van der Waals surface area contributed by atoms with Crippen LogP contribution in [0.2, 0.25) is 0 Å². The summed E-state index contributed by atoms with van der Waals surface area (Å²) in [5, 5.41) is 0. The maximum atomic E-state index is 12.6. The van der Waals surface area contributed by atoms with Crippen LogP contribution >= 0.6 is 11.8 Å². The van der Waals surface area contributed by atoms with Gasteiger partial charge in [0.25, 0.3) is 5.91 Å². The maximum absolute atomic E-state index is 12.6. The average Bonchev–Trinajstić information content (AvgIpc) is 2.67. The van der Waals surface area contributed by atoms with Crippen LogP contribution in [-0.2, 0) is 19.6 Å². The van der Waals surface area contributed by atoms with Crippen molar-refractivity contribution in [1.82, 2.24) is 0 Å². The number of thioether (sulfide) groups is 1. The molecule has 9 heteroatoms. The van der Waals surface area contributed by atoms with E-state index >= 15 is 0 Å². The number of hydrogen-bond donors (Lipinski definition) is 0. The Morgan fingerprint density at radius 3 is 2.14 bits per heavy atom. The molecule has 0 radical (unpaired) electrons. The van der Waals surface area contributed by atoms with Gasteiger partial charge in [-0.1, -0.05) is 18.2 Å². The quantitative estimate of drug-likeness (QED) is 0.562. The summed E-state index contributed by atoms with van der Waals surface area (Å²) in [5.74, 6) is 0.599. The molecule has 0 spiro atoms. The van der Waals surface area contributed by atoms with Crippen LogP contribution in [0.1, 0.15) is 6.92 Å². The van der Waals surface area contributed by atoms with Gasteiger partial charge >= 0.3 is 0 Å². The number of carbonyl (C=O) groups is 2. The van der Waals surface area contributed by atoms with Crippen LogP contribution in [0.4, 0.5) is 11.4 Å². The molecule has 0 N–H and O–H groups in total. The van der Waals surface area contributed by atoms with E-state index in [0.29, 0.717) is 18.0 Å². The van der Waals surface area contributed by atoms with Gasteiger partial charge in [-0.15, -0.1) is 11.8 Å². The van der Waals surface area contributed by atoms with Crippen molar-refractivity contribution in [2.45, 2.75) is 6.92 Å². The highest BCUT2D eigenvalue weighted by Gasteiger charge is 2.25. The molecule has 29 heavy (non-hydrogen) atoms. The Morgan fingerprint density at radius 2 is 1.59 bits per heavy atom. The minimum Gasteiger partial charge on any atom is -0.493 e. The van der Waals surface area contributed by atoms with Gasteiger partial charge in [0.2, 0.25) is 15.9 Å². The maximum Gasteiger partial charge on any atom is 0.250 e. The van der Waals surface area contributed by atoms with E-state index in [1.54, 1.807) is 19.2 Å². The molecule has 2 amide bonds. The van der Waals surface area contributed by atoms with Gasteiger partial charge in [0.1, 0.15) is 5.75 Å². The lowest BCUT2D eigenvalue weighted by Gasteiger charge is -2.22. The van der Waals surface area contributed by atoms with E-state index in [9.17, 15) is 18.0 Å². The zero-order valence-corrected chi connectivity index (χ0v) is 18.2. The molecule has 0 unspecified atom stereocenters. The van der Waals surface area contributed by atoms with Crippen LogP contribution in [0.25, 0.3) is 0 Å². The average molecular weight is 437 g/mol. The molecule has 0 aliphatic carbocycles. The van der Waals surface area contributed by atoms with Crippen molar-refractivity contribution in [2.75, 3.05) is 40.6 Å². The van der Waals surface area contributed by atoms with Crippen LogP contribution in [0, 0.1) is 0 Å². The van der Waals surface area contributed by atoms with Crippen molar-refractivity contribution in [1.29, 1.82) is 0 Å². The van der Waals surface area contributed by atoms with E-state index in [-0.39, 0.29) is 17.3 Å². The number of rotatable bonds is 9. The highest BCUT2D eigenvalue weighted by molar-refractivity contribution is 8.00. The van der Waals surface area contributed by atoms with Crippen molar-refractivity contribution in [3.63, 3.8) is 0 Å². The molecular weight excluding hydrogens is 412 g/mol. The monoisotopic (exact) mass is 436 g/mol. The van der Waals surface area contributed by atoms with Crippen molar-refractivity contribution in [3.8, 4) is 5.75 Å². The third-order valence-corrected chi connectivity index (χ3v) is 5.95. The predicted octanol–water partition coefficient (Wildman–Crippen LogP) is 2.77. The fraction of sp³-hybridized carbons (Fsp3) is 0.300. The molecule has 0 aliphatic heterocycles. The fourth-order valence-electron chi connectivity index (χ4n) is 2.47. The van der Waals surface area contributed by atoms with Gasteiger partial charge in [0, 0.05) is 25.4 Å². The summed E-state index contributed by atoms with van der Waals surface area (Å²) in [6, 6.07) is 15.5. The number of carbonyl (C=O) groups excluding carboxylic acids is 2. The summed E-state index contributed by atoms with van der Waals surface area (Å²) in [5.41, 5.74) is 0.842. The Labute approximate surface area is 175 Å². The van der Waals surface area contributed by atoms with Gasteiger partial charge in [0.15, 0.2) is 0 Å². The molecule has 0 heterocycles. The molecule has 0 saturated carbocycles.